The molecule has 98 valence electrons. The van der Waals surface area contributed by atoms with Crippen LogP contribution in [0.5, 0.6) is 0 Å². The maximum Gasteiger partial charge on any atom is 0.142 e. The van der Waals surface area contributed by atoms with Gasteiger partial charge >= 0.3 is 0 Å². The number of thioether (sulfide) groups is 1. The van der Waals surface area contributed by atoms with E-state index >= 15 is 0 Å². The molecule has 2 atom stereocenters. The summed E-state index contributed by atoms with van der Waals surface area (Å²) < 4.78 is 0. The highest BCUT2D eigenvalue weighted by molar-refractivity contribution is 8.00. The van der Waals surface area contributed by atoms with Crippen molar-refractivity contribution in [2.24, 2.45) is 5.73 Å². The van der Waals surface area contributed by atoms with E-state index in [1.54, 1.807) is 6.20 Å². The fourth-order valence-corrected chi connectivity index (χ4v) is 3.41. The van der Waals surface area contributed by atoms with Gasteiger partial charge in [-0.05, 0) is 18.6 Å². The second-order valence-corrected chi connectivity index (χ2v) is 6.20. The van der Waals surface area contributed by atoms with Crippen LogP contribution in [-0.2, 0) is 6.54 Å². The van der Waals surface area contributed by atoms with Crippen LogP contribution in [0.4, 0.5) is 0 Å². The van der Waals surface area contributed by atoms with Gasteiger partial charge in [-0.3, -0.25) is 15.3 Å². The quantitative estimate of drug-likeness (QED) is 0.644. The Labute approximate surface area is 112 Å². The SMILES string of the molecule is CC1SCCN(Cc2cccnc2C(=N)N)C1C. The first-order chi connectivity index (χ1) is 8.59. The summed E-state index contributed by atoms with van der Waals surface area (Å²) in [7, 11) is 0. The van der Waals surface area contributed by atoms with E-state index in [1.807, 2.05) is 23.9 Å². The van der Waals surface area contributed by atoms with Crippen LogP contribution in [-0.4, -0.2) is 39.3 Å². The Balaban J connectivity index is 2.16. The van der Waals surface area contributed by atoms with E-state index < -0.39 is 0 Å². The van der Waals surface area contributed by atoms with Crippen LogP contribution in [0.3, 0.4) is 0 Å². The lowest BCUT2D eigenvalue weighted by Crippen LogP contribution is -2.44. The Morgan fingerprint density at radius 3 is 3.11 bits per heavy atom. The topological polar surface area (TPSA) is 66.0 Å². The fourth-order valence-electron chi connectivity index (χ4n) is 2.25. The fraction of sp³-hybridized carbons (Fsp3) is 0.538. The van der Waals surface area contributed by atoms with Gasteiger partial charge in [0.1, 0.15) is 11.5 Å². The van der Waals surface area contributed by atoms with E-state index in [0.717, 1.165) is 18.7 Å². The number of nitrogens with two attached hydrogens (primary N) is 1. The van der Waals surface area contributed by atoms with Gasteiger partial charge in [-0.25, -0.2) is 0 Å². The number of aromatic nitrogens is 1. The molecular formula is C13H20N4S. The van der Waals surface area contributed by atoms with E-state index in [4.69, 9.17) is 11.1 Å². The molecule has 1 saturated heterocycles. The average molecular weight is 264 g/mol. The molecule has 4 nitrogen and oxygen atoms in total. The molecule has 1 aromatic heterocycles. The van der Waals surface area contributed by atoms with Crippen LogP contribution >= 0.6 is 11.8 Å². The van der Waals surface area contributed by atoms with Crippen molar-refractivity contribution in [2.45, 2.75) is 31.7 Å². The number of rotatable bonds is 3. The largest absolute Gasteiger partial charge is 0.382 e. The summed E-state index contributed by atoms with van der Waals surface area (Å²) in [6.07, 6.45) is 1.69. The Morgan fingerprint density at radius 1 is 1.61 bits per heavy atom. The van der Waals surface area contributed by atoms with Crippen molar-refractivity contribution in [1.29, 1.82) is 5.41 Å². The van der Waals surface area contributed by atoms with Gasteiger partial charge < -0.3 is 5.73 Å². The molecule has 3 N–H and O–H groups in total. The molecule has 1 fully saturated rings. The minimum atomic E-state index is 0.0534. The Kier molecular flexibility index (Phi) is 4.24. The third-order valence-corrected chi connectivity index (χ3v) is 4.87. The zero-order valence-electron chi connectivity index (χ0n) is 10.9. The van der Waals surface area contributed by atoms with Crippen molar-refractivity contribution in [2.75, 3.05) is 12.3 Å². The Morgan fingerprint density at radius 2 is 2.39 bits per heavy atom. The van der Waals surface area contributed by atoms with Crippen LogP contribution < -0.4 is 5.73 Å². The molecule has 2 heterocycles. The first kappa shape index (κ1) is 13.4. The number of nitrogens with one attached hydrogen (secondary N) is 1. The third kappa shape index (κ3) is 2.84. The number of pyridine rings is 1. The molecule has 1 aliphatic rings. The lowest BCUT2D eigenvalue weighted by atomic mass is 10.1. The number of hydrogen-bond donors (Lipinski definition) is 2. The average Bonchev–Trinajstić information content (AvgIpc) is 2.35. The predicted octanol–water partition coefficient (Wildman–Crippen LogP) is 1.69. The van der Waals surface area contributed by atoms with Crippen molar-refractivity contribution >= 4 is 17.6 Å². The number of hydrogen-bond acceptors (Lipinski definition) is 4. The van der Waals surface area contributed by atoms with Gasteiger partial charge in [-0.2, -0.15) is 11.8 Å². The second-order valence-electron chi connectivity index (χ2n) is 4.71. The molecule has 1 aromatic rings. The first-order valence-corrected chi connectivity index (χ1v) is 7.28. The van der Waals surface area contributed by atoms with Crippen LogP contribution in [0.1, 0.15) is 25.1 Å². The van der Waals surface area contributed by atoms with E-state index in [2.05, 4.69) is 23.7 Å². The molecule has 0 radical (unpaired) electrons. The molecule has 1 aliphatic heterocycles. The molecule has 0 saturated carbocycles. The molecule has 0 spiro atoms. The zero-order valence-corrected chi connectivity index (χ0v) is 11.7. The van der Waals surface area contributed by atoms with Crippen molar-refractivity contribution < 1.29 is 0 Å². The van der Waals surface area contributed by atoms with E-state index in [1.165, 1.54) is 5.75 Å². The molecule has 0 aromatic carbocycles. The van der Waals surface area contributed by atoms with E-state index in [9.17, 15) is 0 Å². The van der Waals surface area contributed by atoms with Gasteiger partial charge in [-0.15, -0.1) is 0 Å². The maximum atomic E-state index is 7.58. The summed E-state index contributed by atoms with van der Waals surface area (Å²) >= 11 is 2.03. The summed E-state index contributed by atoms with van der Waals surface area (Å²) in [5, 5.41) is 8.23. The highest BCUT2D eigenvalue weighted by atomic mass is 32.2. The summed E-state index contributed by atoms with van der Waals surface area (Å²) in [6.45, 7) is 6.45. The molecule has 2 rings (SSSR count). The number of amidine groups is 1. The van der Waals surface area contributed by atoms with E-state index in [-0.39, 0.29) is 5.84 Å². The summed E-state index contributed by atoms with van der Waals surface area (Å²) in [6, 6.07) is 4.47. The van der Waals surface area contributed by atoms with Crippen molar-refractivity contribution in [3.05, 3.63) is 29.6 Å². The van der Waals surface area contributed by atoms with Crippen molar-refractivity contribution in [3.63, 3.8) is 0 Å². The monoisotopic (exact) mass is 264 g/mol. The Hall–Kier alpha value is -1.07. The smallest absolute Gasteiger partial charge is 0.142 e. The van der Waals surface area contributed by atoms with Crippen molar-refractivity contribution in [3.8, 4) is 0 Å². The van der Waals surface area contributed by atoms with Gasteiger partial charge in [0.05, 0.1) is 0 Å². The lowest BCUT2D eigenvalue weighted by molar-refractivity contribution is 0.204. The first-order valence-electron chi connectivity index (χ1n) is 6.23. The molecule has 2 unspecified atom stereocenters. The zero-order chi connectivity index (χ0) is 13.1. The highest BCUT2D eigenvalue weighted by Gasteiger charge is 2.25. The minimum absolute atomic E-state index is 0.0534. The van der Waals surface area contributed by atoms with Crippen molar-refractivity contribution in [1.82, 2.24) is 9.88 Å². The minimum Gasteiger partial charge on any atom is -0.382 e. The van der Waals surface area contributed by atoms with Crippen LogP contribution in [0.15, 0.2) is 18.3 Å². The molecule has 18 heavy (non-hydrogen) atoms. The number of nitrogens with zero attached hydrogens (tertiary/aromatic N) is 2. The van der Waals surface area contributed by atoms with Gasteiger partial charge in [-0.1, -0.05) is 13.0 Å². The molecular weight excluding hydrogens is 244 g/mol. The Bertz CT molecular complexity index is 435. The van der Waals surface area contributed by atoms with Crippen LogP contribution in [0, 0.1) is 5.41 Å². The van der Waals surface area contributed by atoms with E-state index in [0.29, 0.717) is 17.0 Å². The highest BCUT2D eigenvalue weighted by Crippen LogP contribution is 2.25. The molecule has 0 amide bonds. The van der Waals surface area contributed by atoms with Gasteiger partial charge in [0.2, 0.25) is 0 Å². The lowest BCUT2D eigenvalue weighted by Gasteiger charge is -2.37. The number of nitrogen functional groups attached to an aromatic ring is 1. The predicted molar refractivity (Wildman–Crippen MR) is 77.0 cm³/mol. The van der Waals surface area contributed by atoms with Gasteiger partial charge in [0.15, 0.2) is 0 Å². The van der Waals surface area contributed by atoms with Gasteiger partial charge in [0.25, 0.3) is 0 Å². The molecule has 0 aliphatic carbocycles. The summed E-state index contributed by atoms with van der Waals surface area (Å²) in [5.74, 6) is 1.22. The van der Waals surface area contributed by atoms with Gasteiger partial charge in [0, 0.05) is 36.3 Å². The van der Waals surface area contributed by atoms with Crippen LogP contribution in [0.25, 0.3) is 0 Å². The van der Waals surface area contributed by atoms with Crippen LogP contribution in [0.2, 0.25) is 0 Å². The molecule has 0 bridgehead atoms. The summed E-state index contributed by atoms with van der Waals surface area (Å²) in [5.41, 5.74) is 7.25. The third-order valence-electron chi connectivity index (χ3n) is 3.53. The second kappa shape index (κ2) is 5.71. The standard InChI is InChI=1S/C13H20N4S/c1-9-10(2)18-7-6-17(9)8-11-4-3-5-16-12(11)13(14)15/h3-5,9-10H,6-8H2,1-2H3,(H3,14,15). The maximum absolute atomic E-state index is 7.58. The molecule has 5 heteroatoms. The summed E-state index contributed by atoms with van der Waals surface area (Å²) in [4.78, 5) is 6.66. The normalized spacial score (nSPS) is 25.0.